The van der Waals surface area contributed by atoms with Gasteiger partial charge >= 0.3 is 6.09 Å². The number of carbonyl (C=O) groups excluding carboxylic acids is 2. The molecule has 2 fully saturated rings. The Bertz CT molecular complexity index is 1200. The molecule has 2 aromatic rings. The Morgan fingerprint density at radius 3 is 2.48 bits per heavy atom. The van der Waals surface area contributed by atoms with E-state index in [1.54, 1.807) is 20.8 Å². The van der Waals surface area contributed by atoms with Crippen molar-refractivity contribution in [3.8, 4) is 0 Å². The summed E-state index contributed by atoms with van der Waals surface area (Å²) in [5.41, 5.74) is 4.13. The van der Waals surface area contributed by atoms with Crippen LogP contribution in [0, 0.1) is 11.1 Å². The van der Waals surface area contributed by atoms with Gasteiger partial charge in [0.1, 0.15) is 11.9 Å². The summed E-state index contributed by atoms with van der Waals surface area (Å²) in [6, 6.07) is 8.12. The van der Waals surface area contributed by atoms with E-state index in [-0.39, 0.29) is 31.1 Å². The maximum atomic E-state index is 13.2. The van der Waals surface area contributed by atoms with Crippen molar-refractivity contribution in [3.05, 3.63) is 67.5 Å². The molecule has 1 aromatic carbocycles. The lowest BCUT2D eigenvalue weighted by Gasteiger charge is -2.47. The SMILES string of the molecule is CC(C)(C)OC(=O)[N+]1([O-])CCC(C(C=O)N2CCN([C@@H]3c4ccc(Cl)cc4CCc4cc(Br)cnc43)CC2)CC1. The van der Waals surface area contributed by atoms with Crippen LogP contribution < -0.4 is 0 Å². The number of aldehydes is 1. The maximum Gasteiger partial charge on any atom is 0.516 e. The molecule has 216 valence electrons. The molecule has 10 heteroatoms. The number of ether oxygens (including phenoxy) is 1. The van der Waals surface area contributed by atoms with Gasteiger partial charge in [-0.2, -0.15) is 4.79 Å². The van der Waals surface area contributed by atoms with Crippen LogP contribution in [0.15, 0.2) is 34.9 Å². The number of rotatable bonds is 4. The van der Waals surface area contributed by atoms with E-state index in [0.717, 1.165) is 60.5 Å². The van der Waals surface area contributed by atoms with Crippen LogP contribution in [-0.4, -0.2) is 82.7 Å². The van der Waals surface area contributed by atoms with Gasteiger partial charge in [-0.3, -0.25) is 19.4 Å². The molecule has 2 aliphatic heterocycles. The van der Waals surface area contributed by atoms with E-state index in [2.05, 4.69) is 43.9 Å². The quantitative estimate of drug-likeness (QED) is 0.249. The minimum Gasteiger partial charge on any atom is -0.622 e. The number of piperazine rings is 1. The highest BCUT2D eigenvalue weighted by atomic mass is 79.9. The van der Waals surface area contributed by atoms with E-state index in [1.807, 2.05) is 12.3 Å². The number of hydroxylamine groups is 3. The summed E-state index contributed by atoms with van der Waals surface area (Å²) in [4.78, 5) is 34.5. The second kappa shape index (κ2) is 11.8. The summed E-state index contributed by atoms with van der Waals surface area (Å²) in [7, 11) is 0. The number of carbonyl (C=O) groups is 2. The summed E-state index contributed by atoms with van der Waals surface area (Å²) in [6.45, 7) is 8.66. The van der Waals surface area contributed by atoms with Crippen LogP contribution in [0.25, 0.3) is 0 Å². The molecule has 2 saturated heterocycles. The van der Waals surface area contributed by atoms with Crippen LogP contribution in [0.4, 0.5) is 4.79 Å². The Balaban J connectivity index is 1.28. The molecule has 40 heavy (non-hydrogen) atoms. The van der Waals surface area contributed by atoms with Gasteiger partial charge in [0.25, 0.3) is 0 Å². The minimum atomic E-state index is -0.971. The molecule has 0 bridgehead atoms. The number of fused-ring (bicyclic) bond motifs is 2. The summed E-state index contributed by atoms with van der Waals surface area (Å²) in [5, 5.41) is 13.9. The van der Waals surface area contributed by atoms with Crippen LogP contribution in [0.3, 0.4) is 0 Å². The first-order valence-corrected chi connectivity index (χ1v) is 15.3. The van der Waals surface area contributed by atoms with Gasteiger partial charge in [0.15, 0.2) is 0 Å². The maximum absolute atomic E-state index is 13.2. The number of hydrogen-bond donors (Lipinski definition) is 0. The second-order valence-corrected chi connectivity index (χ2v) is 13.6. The average Bonchev–Trinajstić information content (AvgIpc) is 3.06. The topological polar surface area (TPSA) is 85.8 Å². The van der Waals surface area contributed by atoms with Crippen LogP contribution >= 0.6 is 27.5 Å². The summed E-state index contributed by atoms with van der Waals surface area (Å²) >= 11 is 9.98. The van der Waals surface area contributed by atoms with Crippen LogP contribution in [0.2, 0.25) is 5.02 Å². The largest absolute Gasteiger partial charge is 0.622 e. The first-order valence-electron chi connectivity index (χ1n) is 14.1. The number of likely N-dealkylation sites (tertiary alicyclic amines) is 1. The molecular weight excluding hydrogens is 596 g/mol. The van der Waals surface area contributed by atoms with E-state index in [1.165, 1.54) is 16.7 Å². The number of benzene rings is 1. The van der Waals surface area contributed by atoms with Crippen molar-refractivity contribution in [2.24, 2.45) is 5.92 Å². The molecule has 0 radical (unpaired) electrons. The zero-order valence-electron chi connectivity index (χ0n) is 23.4. The van der Waals surface area contributed by atoms with Gasteiger partial charge in [-0.1, -0.05) is 17.7 Å². The third-order valence-corrected chi connectivity index (χ3v) is 9.17. The molecule has 0 saturated carbocycles. The summed E-state index contributed by atoms with van der Waals surface area (Å²) in [5.74, 6) is 0.0483. The zero-order valence-corrected chi connectivity index (χ0v) is 25.8. The molecule has 1 unspecified atom stereocenters. The van der Waals surface area contributed by atoms with Crippen LogP contribution in [0.5, 0.6) is 0 Å². The number of piperidine rings is 1. The van der Waals surface area contributed by atoms with E-state index >= 15 is 0 Å². The molecule has 1 aliphatic carbocycles. The number of nitrogens with zero attached hydrogens (tertiary/aromatic N) is 4. The normalized spacial score (nSPS) is 26.8. The van der Waals surface area contributed by atoms with Crippen molar-refractivity contribution in [1.82, 2.24) is 14.8 Å². The number of hydrogen-bond acceptors (Lipinski definition) is 7. The Hall–Kier alpha value is -1.88. The predicted octanol–water partition coefficient (Wildman–Crippen LogP) is 5.53. The zero-order chi connectivity index (χ0) is 28.7. The second-order valence-electron chi connectivity index (χ2n) is 12.3. The number of aromatic nitrogens is 1. The Morgan fingerprint density at radius 1 is 1.15 bits per heavy atom. The lowest BCUT2D eigenvalue weighted by atomic mass is 9.88. The highest BCUT2D eigenvalue weighted by Crippen LogP contribution is 2.38. The number of halogens is 2. The minimum absolute atomic E-state index is 0.0246. The summed E-state index contributed by atoms with van der Waals surface area (Å²) in [6.07, 6.45) is 5.05. The van der Waals surface area contributed by atoms with Crippen molar-refractivity contribution in [1.29, 1.82) is 0 Å². The van der Waals surface area contributed by atoms with Gasteiger partial charge in [-0.15, -0.1) is 0 Å². The molecule has 8 nitrogen and oxygen atoms in total. The third kappa shape index (κ3) is 6.30. The fourth-order valence-corrected chi connectivity index (χ4v) is 7.02. The lowest BCUT2D eigenvalue weighted by Crippen LogP contribution is -2.58. The van der Waals surface area contributed by atoms with Crippen molar-refractivity contribution in [2.45, 2.75) is 64.1 Å². The summed E-state index contributed by atoms with van der Waals surface area (Å²) < 4.78 is 5.39. The van der Waals surface area contributed by atoms with Gasteiger partial charge in [0.2, 0.25) is 0 Å². The number of pyridine rings is 1. The van der Waals surface area contributed by atoms with Crippen LogP contribution in [0.1, 0.15) is 62.0 Å². The lowest BCUT2D eigenvalue weighted by molar-refractivity contribution is -0.815. The first kappa shape index (κ1) is 29.6. The monoisotopic (exact) mass is 632 g/mol. The number of quaternary nitrogens is 1. The number of aryl methyl sites for hydroxylation is 2. The van der Waals surface area contributed by atoms with Gasteiger partial charge < -0.3 is 14.7 Å². The molecule has 2 atom stereocenters. The van der Waals surface area contributed by atoms with Gasteiger partial charge in [0, 0.05) is 54.7 Å². The molecule has 3 aliphatic rings. The Kier molecular flexibility index (Phi) is 8.72. The van der Waals surface area contributed by atoms with Gasteiger partial charge in [-0.05, 0) is 90.4 Å². The Morgan fingerprint density at radius 2 is 1.82 bits per heavy atom. The predicted molar refractivity (Wildman–Crippen MR) is 158 cm³/mol. The molecule has 0 N–H and O–H groups in total. The van der Waals surface area contributed by atoms with E-state index in [0.29, 0.717) is 12.8 Å². The Labute approximate surface area is 249 Å². The first-order chi connectivity index (χ1) is 19.0. The average molecular weight is 634 g/mol. The fraction of sp³-hybridized carbons (Fsp3) is 0.567. The number of amides is 1. The van der Waals surface area contributed by atoms with Crippen LogP contribution in [-0.2, 0) is 22.4 Å². The fourth-order valence-electron chi connectivity index (χ4n) is 6.45. The molecule has 1 amide bonds. The van der Waals surface area contributed by atoms with E-state index < -0.39 is 16.3 Å². The van der Waals surface area contributed by atoms with E-state index in [4.69, 9.17) is 21.3 Å². The highest BCUT2D eigenvalue weighted by Gasteiger charge is 2.42. The van der Waals surface area contributed by atoms with E-state index in [9.17, 15) is 14.8 Å². The van der Waals surface area contributed by atoms with Crippen molar-refractivity contribution >= 4 is 39.9 Å². The molecule has 5 rings (SSSR count). The smallest absolute Gasteiger partial charge is 0.516 e. The molecule has 1 aromatic heterocycles. The molecule has 0 spiro atoms. The van der Waals surface area contributed by atoms with Crippen molar-refractivity contribution in [2.75, 3.05) is 39.3 Å². The van der Waals surface area contributed by atoms with Crippen molar-refractivity contribution < 1.29 is 19.0 Å². The third-order valence-electron chi connectivity index (χ3n) is 8.50. The molecular formula is C30H38BrClN4O4. The molecule has 3 heterocycles. The van der Waals surface area contributed by atoms with Gasteiger partial charge in [-0.25, -0.2) is 0 Å². The van der Waals surface area contributed by atoms with Gasteiger partial charge in [0.05, 0.1) is 30.9 Å². The highest BCUT2D eigenvalue weighted by molar-refractivity contribution is 9.10. The van der Waals surface area contributed by atoms with Crippen molar-refractivity contribution in [3.63, 3.8) is 0 Å². The standard InChI is InChI=1S/C30H38BrClN4O4/c1-30(2,3)40-29(38)36(39)14-8-20(9-15-36)26(19-37)34-10-12-35(13-11-34)28-25-7-6-24(32)17-21(25)4-5-22-16-23(31)18-33-27(22)28/h6-7,16-20,26,28H,4-5,8-15H2,1-3H3/t20?,26?,28-,36?/m1/s1.